The molecular weight excluding hydrogens is 242 g/mol. The Labute approximate surface area is 115 Å². The number of nitrogens with one attached hydrogen (secondary N) is 1. The predicted octanol–water partition coefficient (Wildman–Crippen LogP) is 4.15. The van der Waals surface area contributed by atoms with Gasteiger partial charge in [-0.15, -0.1) is 0 Å². The van der Waals surface area contributed by atoms with Crippen molar-refractivity contribution in [3.8, 4) is 0 Å². The molecule has 2 aliphatic carbocycles. The first-order valence-corrected chi connectivity index (χ1v) is 7.58. The van der Waals surface area contributed by atoms with Gasteiger partial charge in [0, 0.05) is 23.0 Å². The lowest BCUT2D eigenvalue weighted by atomic mass is 9.72. The standard InChI is InChI=1S/C16H22ClN/c1-12-5-4-10-16(12,11-18-13-8-9-13)14-6-2-3-7-15(14)17/h2-3,6-7,12-13,18H,4-5,8-11H2,1H3. The fourth-order valence-corrected chi connectivity index (χ4v) is 3.81. The summed E-state index contributed by atoms with van der Waals surface area (Å²) in [6, 6.07) is 9.22. The van der Waals surface area contributed by atoms with Gasteiger partial charge in [0.05, 0.1) is 0 Å². The summed E-state index contributed by atoms with van der Waals surface area (Å²) in [6.07, 6.45) is 6.65. The van der Waals surface area contributed by atoms with Gasteiger partial charge in [-0.25, -0.2) is 0 Å². The average Bonchev–Trinajstić information content (AvgIpc) is 3.12. The van der Waals surface area contributed by atoms with Crippen LogP contribution in [0.3, 0.4) is 0 Å². The summed E-state index contributed by atoms with van der Waals surface area (Å²) in [6.45, 7) is 3.49. The van der Waals surface area contributed by atoms with E-state index in [9.17, 15) is 0 Å². The molecule has 0 saturated heterocycles. The van der Waals surface area contributed by atoms with Crippen molar-refractivity contribution in [2.24, 2.45) is 5.92 Å². The molecule has 1 nitrogen and oxygen atoms in total. The van der Waals surface area contributed by atoms with Crippen LogP contribution in [0, 0.1) is 5.92 Å². The van der Waals surface area contributed by atoms with E-state index in [1.807, 2.05) is 12.1 Å². The Morgan fingerprint density at radius 1 is 1.28 bits per heavy atom. The van der Waals surface area contributed by atoms with Gasteiger partial charge >= 0.3 is 0 Å². The molecule has 0 bridgehead atoms. The highest BCUT2D eigenvalue weighted by atomic mass is 35.5. The fourth-order valence-electron chi connectivity index (χ4n) is 3.48. The lowest BCUT2D eigenvalue weighted by Gasteiger charge is -2.35. The third kappa shape index (κ3) is 2.19. The zero-order valence-electron chi connectivity index (χ0n) is 11.1. The molecule has 0 aromatic heterocycles. The molecule has 0 aliphatic heterocycles. The molecule has 2 heteroatoms. The predicted molar refractivity (Wildman–Crippen MR) is 77.2 cm³/mol. The molecule has 2 fully saturated rings. The minimum atomic E-state index is 0.265. The highest BCUT2D eigenvalue weighted by molar-refractivity contribution is 6.31. The number of hydrogen-bond donors (Lipinski definition) is 1. The normalized spacial score (nSPS) is 31.8. The molecule has 2 aliphatic rings. The maximum Gasteiger partial charge on any atom is 0.0444 e. The summed E-state index contributed by atoms with van der Waals surface area (Å²) in [4.78, 5) is 0. The van der Waals surface area contributed by atoms with Crippen molar-refractivity contribution in [2.45, 2.75) is 50.5 Å². The highest BCUT2D eigenvalue weighted by Crippen LogP contribution is 2.47. The van der Waals surface area contributed by atoms with E-state index in [4.69, 9.17) is 11.6 Å². The van der Waals surface area contributed by atoms with Crippen molar-refractivity contribution >= 4 is 11.6 Å². The van der Waals surface area contributed by atoms with Crippen molar-refractivity contribution in [3.05, 3.63) is 34.9 Å². The minimum absolute atomic E-state index is 0.265. The zero-order chi connectivity index (χ0) is 12.6. The van der Waals surface area contributed by atoms with E-state index in [1.165, 1.54) is 37.7 Å². The van der Waals surface area contributed by atoms with Gasteiger partial charge in [-0.2, -0.15) is 0 Å². The Bertz CT molecular complexity index is 427. The van der Waals surface area contributed by atoms with Gasteiger partial charge in [-0.1, -0.05) is 43.1 Å². The monoisotopic (exact) mass is 263 g/mol. The van der Waals surface area contributed by atoms with E-state index in [1.54, 1.807) is 0 Å². The first kappa shape index (κ1) is 12.5. The second-order valence-electron chi connectivity index (χ2n) is 6.08. The summed E-state index contributed by atoms with van der Waals surface area (Å²) in [5.41, 5.74) is 1.63. The SMILES string of the molecule is CC1CCCC1(CNC1CC1)c1ccccc1Cl. The zero-order valence-corrected chi connectivity index (χ0v) is 11.8. The molecule has 1 aromatic carbocycles. The van der Waals surface area contributed by atoms with Crippen molar-refractivity contribution in [1.82, 2.24) is 5.32 Å². The third-order valence-corrected chi connectivity index (χ3v) is 5.23. The molecule has 0 amide bonds. The van der Waals surface area contributed by atoms with E-state index in [2.05, 4.69) is 24.4 Å². The molecule has 2 saturated carbocycles. The molecule has 0 spiro atoms. The molecule has 1 N–H and O–H groups in total. The Kier molecular flexibility index (Phi) is 3.38. The van der Waals surface area contributed by atoms with E-state index < -0.39 is 0 Å². The fraction of sp³-hybridized carbons (Fsp3) is 0.625. The molecule has 3 rings (SSSR count). The maximum absolute atomic E-state index is 6.46. The van der Waals surface area contributed by atoms with E-state index in [-0.39, 0.29) is 5.41 Å². The van der Waals surface area contributed by atoms with Crippen LogP contribution < -0.4 is 5.32 Å². The largest absolute Gasteiger partial charge is 0.313 e. The molecule has 98 valence electrons. The van der Waals surface area contributed by atoms with Crippen molar-refractivity contribution < 1.29 is 0 Å². The quantitative estimate of drug-likeness (QED) is 0.861. The second kappa shape index (κ2) is 4.86. The van der Waals surface area contributed by atoms with Gasteiger partial charge in [-0.05, 0) is 43.2 Å². The van der Waals surface area contributed by atoms with Crippen LogP contribution in [0.4, 0.5) is 0 Å². The van der Waals surface area contributed by atoms with Crippen LogP contribution in [0.25, 0.3) is 0 Å². The average molecular weight is 264 g/mol. The van der Waals surface area contributed by atoms with Gasteiger partial charge in [0.2, 0.25) is 0 Å². The number of hydrogen-bond acceptors (Lipinski definition) is 1. The van der Waals surface area contributed by atoms with Gasteiger partial charge < -0.3 is 5.32 Å². The van der Waals surface area contributed by atoms with Gasteiger partial charge in [0.25, 0.3) is 0 Å². The first-order valence-electron chi connectivity index (χ1n) is 7.21. The van der Waals surface area contributed by atoms with E-state index in [0.29, 0.717) is 0 Å². The third-order valence-electron chi connectivity index (χ3n) is 4.90. The Hall–Kier alpha value is -0.530. The highest BCUT2D eigenvalue weighted by Gasteiger charge is 2.43. The Balaban J connectivity index is 1.90. The van der Waals surface area contributed by atoms with Gasteiger partial charge in [0.1, 0.15) is 0 Å². The summed E-state index contributed by atoms with van der Waals surface area (Å²) in [5.74, 6) is 0.726. The van der Waals surface area contributed by atoms with E-state index in [0.717, 1.165) is 23.5 Å². The molecule has 2 unspecified atom stereocenters. The van der Waals surface area contributed by atoms with Crippen molar-refractivity contribution in [1.29, 1.82) is 0 Å². The molecule has 2 atom stereocenters. The topological polar surface area (TPSA) is 12.0 Å². The van der Waals surface area contributed by atoms with Crippen molar-refractivity contribution in [2.75, 3.05) is 6.54 Å². The van der Waals surface area contributed by atoms with Crippen LogP contribution in [0.5, 0.6) is 0 Å². The summed E-state index contributed by atoms with van der Waals surface area (Å²) in [5, 5.41) is 4.68. The van der Waals surface area contributed by atoms with Crippen molar-refractivity contribution in [3.63, 3.8) is 0 Å². The minimum Gasteiger partial charge on any atom is -0.313 e. The van der Waals surface area contributed by atoms with Crippen LogP contribution in [-0.4, -0.2) is 12.6 Å². The first-order chi connectivity index (χ1) is 8.72. The maximum atomic E-state index is 6.46. The molecular formula is C16H22ClN. The summed E-state index contributed by atoms with van der Waals surface area (Å²) < 4.78 is 0. The summed E-state index contributed by atoms with van der Waals surface area (Å²) >= 11 is 6.46. The molecule has 18 heavy (non-hydrogen) atoms. The van der Waals surface area contributed by atoms with Crippen LogP contribution >= 0.6 is 11.6 Å². The smallest absolute Gasteiger partial charge is 0.0444 e. The van der Waals surface area contributed by atoms with E-state index >= 15 is 0 Å². The molecule has 1 aromatic rings. The van der Waals surface area contributed by atoms with Crippen LogP contribution in [0.15, 0.2) is 24.3 Å². The Morgan fingerprint density at radius 2 is 2.06 bits per heavy atom. The lowest BCUT2D eigenvalue weighted by Crippen LogP contribution is -2.41. The van der Waals surface area contributed by atoms with Crippen LogP contribution in [0.2, 0.25) is 5.02 Å². The molecule has 0 radical (unpaired) electrons. The number of halogens is 1. The van der Waals surface area contributed by atoms with Crippen LogP contribution in [0.1, 0.15) is 44.6 Å². The number of rotatable bonds is 4. The molecule has 0 heterocycles. The lowest BCUT2D eigenvalue weighted by molar-refractivity contribution is 0.316. The Morgan fingerprint density at radius 3 is 2.67 bits per heavy atom. The van der Waals surface area contributed by atoms with Gasteiger partial charge in [0.15, 0.2) is 0 Å². The van der Waals surface area contributed by atoms with Crippen LogP contribution in [-0.2, 0) is 5.41 Å². The van der Waals surface area contributed by atoms with Gasteiger partial charge in [-0.3, -0.25) is 0 Å². The summed E-state index contributed by atoms with van der Waals surface area (Å²) in [7, 11) is 0. The number of benzene rings is 1. The second-order valence-corrected chi connectivity index (χ2v) is 6.49.